The third-order valence-corrected chi connectivity index (χ3v) is 4.03. The van der Waals surface area contributed by atoms with Crippen LogP contribution >= 0.6 is 11.3 Å². The van der Waals surface area contributed by atoms with Crippen LogP contribution in [0.15, 0.2) is 34.1 Å². The van der Waals surface area contributed by atoms with E-state index < -0.39 is 0 Å². The first-order valence-corrected chi connectivity index (χ1v) is 8.94. The Labute approximate surface area is 150 Å². The third kappa shape index (κ3) is 4.11. The number of urea groups is 1. The molecule has 0 saturated heterocycles. The lowest BCUT2D eigenvalue weighted by atomic mass is 10.1. The Hall–Kier alpha value is -2.54. The molecule has 0 saturated carbocycles. The molecule has 1 aromatic carbocycles. The van der Waals surface area contributed by atoms with Crippen molar-refractivity contribution >= 4 is 33.5 Å². The quantitative estimate of drug-likeness (QED) is 0.696. The number of nitrogens with zero attached hydrogens (tertiary/aromatic N) is 1. The SMILES string of the molecule is CCOc1cccc2cc(-c3csc(NC(=O)NC(C)(C)C)n3)oc12. The summed E-state index contributed by atoms with van der Waals surface area (Å²) in [5.74, 6) is 1.35. The highest BCUT2D eigenvalue weighted by Crippen LogP contribution is 2.34. The molecule has 0 atom stereocenters. The fourth-order valence-electron chi connectivity index (χ4n) is 2.35. The number of ether oxygens (including phenoxy) is 1. The standard InChI is InChI=1S/C18H21N3O3S/c1-5-23-13-8-6-7-11-9-14(24-15(11)13)12-10-25-17(19-12)20-16(22)21-18(2,3)4/h6-10H,5H2,1-4H3,(H2,19,20,21,22). The Morgan fingerprint density at radius 1 is 1.36 bits per heavy atom. The molecule has 3 aromatic rings. The van der Waals surface area contributed by atoms with Gasteiger partial charge in [-0.1, -0.05) is 12.1 Å². The molecule has 2 aromatic heterocycles. The molecule has 2 amide bonds. The molecular formula is C18H21N3O3S. The van der Waals surface area contributed by atoms with Crippen molar-refractivity contribution < 1.29 is 13.9 Å². The minimum absolute atomic E-state index is 0.281. The Morgan fingerprint density at radius 2 is 2.16 bits per heavy atom. The number of hydrogen-bond donors (Lipinski definition) is 2. The van der Waals surface area contributed by atoms with Crippen molar-refractivity contribution in [2.45, 2.75) is 33.2 Å². The molecule has 0 fully saturated rings. The first kappa shape index (κ1) is 17.3. The van der Waals surface area contributed by atoms with Gasteiger partial charge in [0.25, 0.3) is 0 Å². The number of carbonyl (C=O) groups is 1. The number of carbonyl (C=O) groups excluding carboxylic acids is 1. The molecule has 6 nitrogen and oxygen atoms in total. The average Bonchev–Trinajstić information content (AvgIpc) is 3.12. The minimum Gasteiger partial charge on any atom is -0.490 e. The van der Waals surface area contributed by atoms with E-state index in [-0.39, 0.29) is 11.6 Å². The van der Waals surface area contributed by atoms with E-state index in [2.05, 4.69) is 15.6 Å². The van der Waals surface area contributed by atoms with Gasteiger partial charge in [0, 0.05) is 16.3 Å². The Morgan fingerprint density at radius 3 is 2.88 bits per heavy atom. The summed E-state index contributed by atoms with van der Waals surface area (Å²) < 4.78 is 11.5. The largest absolute Gasteiger partial charge is 0.490 e. The first-order chi connectivity index (χ1) is 11.9. The van der Waals surface area contributed by atoms with Crippen molar-refractivity contribution in [1.29, 1.82) is 0 Å². The molecule has 0 aliphatic rings. The van der Waals surface area contributed by atoms with Crippen molar-refractivity contribution in [3.8, 4) is 17.2 Å². The second kappa shape index (κ2) is 6.76. The first-order valence-electron chi connectivity index (χ1n) is 8.06. The molecular weight excluding hydrogens is 338 g/mol. The van der Waals surface area contributed by atoms with E-state index in [9.17, 15) is 4.79 Å². The summed E-state index contributed by atoms with van der Waals surface area (Å²) >= 11 is 1.35. The summed E-state index contributed by atoms with van der Waals surface area (Å²) in [6, 6.07) is 7.41. The van der Waals surface area contributed by atoms with Gasteiger partial charge in [-0.05, 0) is 39.8 Å². The van der Waals surface area contributed by atoms with Crippen LogP contribution in [0, 0.1) is 0 Å². The molecule has 0 radical (unpaired) electrons. The maximum Gasteiger partial charge on any atom is 0.321 e. The van der Waals surface area contributed by atoms with Crippen LogP contribution in [0.25, 0.3) is 22.4 Å². The van der Waals surface area contributed by atoms with Gasteiger partial charge in [0.05, 0.1) is 6.61 Å². The number of para-hydroxylation sites is 1. The smallest absolute Gasteiger partial charge is 0.321 e. The van der Waals surface area contributed by atoms with Crippen LogP contribution < -0.4 is 15.4 Å². The number of anilines is 1. The summed E-state index contributed by atoms with van der Waals surface area (Å²) in [5.41, 5.74) is 1.07. The van der Waals surface area contributed by atoms with Crippen molar-refractivity contribution in [2.75, 3.05) is 11.9 Å². The van der Waals surface area contributed by atoms with E-state index >= 15 is 0 Å². The van der Waals surface area contributed by atoms with E-state index in [1.165, 1.54) is 11.3 Å². The van der Waals surface area contributed by atoms with Gasteiger partial charge in [0.15, 0.2) is 22.2 Å². The van der Waals surface area contributed by atoms with E-state index in [1.54, 1.807) is 0 Å². The van der Waals surface area contributed by atoms with Crippen LogP contribution in [0.3, 0.4) is 0 Å². The van der Waals surface area contributed by atoms with Gasteiger partial charge < -0.3 is 14.5 Å². The summed E-state index contributed by atoms with van der Waals surface area (Å²) in [6.07, 6.45) is 0. The highest BCUT2D eigenvalue weighted by molar-refractivity contribution is 7.14. The second-order valence-electron chi connectivity index (χ2n) is 6.59. The summed E-state index contributed by atoms with van der Waals surface area (Å²) in [5, 5.41) is 8.90. The van der Waals surface area contributed by atoms with Crippen LogP contribution in [0.1, 0.15) is 27.7 Å². The predicted molar refractivity (Wildman–Crippen MR) is 100 cm³/mol. The number of thiazole rings is 1. The molecule has 3 rings (SSSR count). The normalized spacial score (nSPS) is 11.5. The lowest BCUT2D eigenvalue weighted by Gasteiger charge is -2.20. The van der Waals surface area contributed by atoms with Gasteiger partial charge in [-0.25, -0.2) is 9.78 Å². The van der Waals surface area contributed by atoms with Crippen molar-refractivity contribution in [3.63, 3.8) is 0 Å². The van der Waals surface area contributed by atoms with Crippen molar-refractivity contribution in [2.24, 2.45) is 0 Å². The van der Waals surface area contributed by atoms with Crippen molar-refractivity contribution in [1.82, 2.24) is 10.3 Å². The lowest BCUT2D eigenvalue weighted by molar-refractivity contribution is 0.244. The highest BCUT2D eigenvalue weighted by Gasteiger charge is 2.16. The van der Waals surface area contributed by atoms with Gasteiger partial charge in [-0.15, -0.1) is 11.3 Å². The van der Waals surface area contributed by atoms with Gasteiger partial charge in [0.2, 0.25) is 0 Å². The molecule has 25 heavy (non-hydrogen) atoms. The number of furan rings is 1. The van der Waals surface area contributed by atoms with Crippen LogP contribution in [0.2, 0.25) is 0 Å². The monoisotopic (exact) mass is 359 g/mol. The maximum absolute atomic E-state index is 11.9. The second-order valence-corrected chi connectivity index (χ2v) is 7.44. The van der Waals surface area contributed by atoms with Crippen LogP contribution in [-0.2, 0) is 0 Å². The molecule has 0 spiro atoms. The Bertz CT molecular complexity index is 892. The number of aromatic nitrogens is 1. The van der Waals surface area contributed by atoms with Crippen LogP contribution in [0.4, 0.5) is 9.93 Å². The molecule has 0 aliphatic carbocycles. The van der Waals surface area contributed by atoms with Crippen LogP contribution in [0.5, 0.6) is 5.75 Å². The fourth-order valence-corrected chi connectivity index (χ4v) is 3.04. The Kier molecular flexibility index (Phi) is 4.67. The molecule has 0 bridgehead atoms. The number of hydrogen-bond acceptors (Lipinski definition) is 5. The van der Waals surface area contributed by atoms with Crippen LogP contribution in [-0.4, -0.2) is 23.2 Å². The fraction of sp³-hybridized carbons (Fsp3) is 0.333. The van der Waals surface area contributed by atoms with Gasteiger partial charge in [-0.2, -0.15) is 0 Å². The molecule has 7 heteroatoms. The number of fused-ring (bicyclic) bond motifs is 1. The van der Waals surface area contributed by atoms with E-state index in [4.69, 9.17) is 9.15 Å². The summed E-state index contributed by atoms with van der Waals surface area (Å²) in [7, 11) is 0. The topological polar surface area (TPSA) is 76.4 Å². The van der Waals surface area contributed by atoms with Gasteiger partial charge >= 0.3 is 6.03 Å². The highest BCUT2D eigenvalue weighted by atomic mass is 32.1. The average molecular weight is 359 g/mol. The summed E-state index contributed by atoms with van der Waals surface area (Å²) in [4.78, 5) is 16.4. The number of amides is 2. The Balaban J connectivity index is 1.81. The molecule has 0 unspecified atom stereocenters. The lowest BCUT2D eigenvalue weighted by Crippen LogP contribution is -2.43. The molecule has 2 N–H and O–H groups in total. The zero-order chi connectivity index (χ0) is 18.0. The number of rotatable bonds is 4. The zero-order valence-electron chi connectivity index (χ0n) is 14.7. The minimum atomic E-state index is -0.307. The molecule has 0 aliphatic heterocycles. The molecule has 132 valence electrons. The van der Waals surface area contributed by atoms with Gasteiger partial charge in [0.1, 0.15) is 5.69 Å². The number of benzene rings is 1. The predicted octanol–water partition coefficient (Wildman–Crippen LogP) is 4.88. The van der Waals surface area contributed by atoms with Crippen molar-refractivity contribution in [3.05, 3.63) is 29.6 Å². The van der Waals surface area contributed by atoms with E-state index in [1.807, 2.05) is 57.3 Å². The third-order valence-electron chi connectivity index (χ3n) is 3.27. The number of nitrogens with one attached hydrogen (secondary N) is 2. The van der Waals surface area contributed by atoms with Gasteiger partial charge in [-0.3, -0.25) is 5.32 Å². The maximum atomic E-state index is 11.9. The van der Waals surface area contributed by atoms with E-state index in [0.717, 1.165) is 5.39 Å². The van der Waals surface area contributed by atoms with E-state index in [0.29, 0.717) is 34.5 Å². The summed E-state index contributed by atoms with van der Waals surface area (Å²) in [6.45, 7) is 8.27. The molecule has 2 heterocycles. The zero-order valence-corrected chi connectivity index (χ0v) is 15.5.